The normalized spacial score (nSPS) is 14.2. The second-order valence-electron chi connectivity index (χ2n) is 7.15. The first-order valence-electron chi connectivity index (χ1n) is 9.69. The third-order valence-electron chi connectivity index (χ3n) is 4.20. The smallest absolute Gasteiger partial charge is 0.349 e. The molecular weight excluding hydrogens is 384 g/mol. The van der Waals surface area contributed by atoms with Crippen LogP contribution in [0.1, 0.15) is 27.2 Å². The predicted octanol–water partition coefficient (Wildman–Crippen LogP) is 3.89. The summed E-state index contributed by atoms with van der Waals surface area (Å²) in [6, 6.07) is 9.48. The summed E-state index contributed by atoms with van der Waals surface area (Å²) in [4.78, 5) is 25.4. The van der Waals surface area contributed by atoms with Gasteiger partial charge < -0.3 is 19.1 Å². The van der Waals surface area contributed by atoms with Crippen molar-refractivity contribution in [3.8, 4) is 11.8 Å². The van der Waals surface area contributed by atoms with Gasteiger partial charge in [0.05, 0.1) is 5.69 Å². The molecule has 0 unspecified atom stereocenters. The van der Waals surface area contributed by atoms with Crippen molar-refractivity contribution in [1.29, 1.82) is 5.26 Å². The number of carbonyl (C=O) groups is 2. The van der Waals surface area contributed by atoms with E-state index in [2.05, 4.69) is 20.4 Å². The van der Waals surface area contributed by atoms with Crippen LogP contribution in [0, 0.1) is 17.2 Å². The molecule has 0 bridgehead atoms. The van der Waals surface area contributed by atoms with Crippen molar-refractivity contribution in [2.45, 2.75) is 27.2 Å². The summed E-state index contributed by atoms with van der Waals surface area (Å²) in [7, 11) is 0. The van der Waals surface area contributed by atoms with E-state index in [1.807, 2.05) is 35.2 Å². The third-order valence-corrected chi connectivity index (χ3v) is 4.20. The Morgan fingerprint density at radius 3 is 2.53 bits per heavy atom. The molecule has 1 heterocycles. The third kappa shape index (κ3) is 6.24. The minimum Gasteiger partial charge on any atom is -0.459 e. The number of nitrogens with zero attached hydrogens (tertiary/aromatic N) is 2. The Hall–Kier alpha value is -3.53. The monoisotopic (exact) mass is 410 g/mol. The van der Waals surface area contributed by atoms with Gasteiger partial charge in [-0.3, -0.25) is 0 Å². The van der Waals surface area contributed by atoms with Gasteiger partial charge in [0.2, 0.25) is 5.88 Å². The van der Waals surface area contributed by atoms with Crippen LogP contribution in [0.25, 0.3) is 0 Å². The number of benzene rings is 1. The van der Waals surface area contributed by atoms with Crippen LogP contribution in [0.5, 0.6) is 5.75 Å². The van der Waals surface area contributed by atoms with Gasteiger partial charge in [-0.2, -0.15) is 5.26 Å². The molecule has 0 spiro atoms. The van der Waals surface area contributed by atoms with Crippen LogP contribution < -0.4 is 9.64 Å². The highest BCUT2D eigenvalue weighted by molar-refractivity contribution is 5.93. The summed E-state index contributed by atoms with van der Waals surface area (Å²) < 4.78 is 15.7. The van der Waals surface area contributed by atoms with Crippen molar-refractivity contribution in [2.75, 3.05) is 24.7 Å². The minimum absolute atomic E-state index is 0.112. The predicted molar refractivity (Wildman–Crippen MR) is 112 cm³/mol. The quantitative estimate of drug-likeness (QED) is 0.264. The molecule has 1 aromatic carbocycles. The maximum Gasteiger partial charge on any atom is 0.349 e. The topological polar surface area (TPSA) is 88.9 Å². The molecule has 158 valence electrons. The largest absolute Gasteiger partial charge is 0.459 e. The summed E-state index contributed by atoms with van der Waals surface area (Å²) in [6.07, 6.45) is 3.90. The standard InChI is InChI=1S/C23H26N2O5/c1-16(2)11-12-25-19-7-5-6-8-20(19)30-21(25)10-9-18(15-24)23(27)29-14-13-28-22(26)17(3)4/h5-10,16H,3,11-14H2,1-2,4H3/b18-9+,21-10-. The molecule has 0 fully saturated rings. The summed E-state index contributed by atoms with van der Waals surface area (Å²) in [5.41, 5.74) is 1.01. The number of fused-ring (bicyclic) bond motifs is 1. The van der Waals surface area contributed by atoms with Crippen LogP contribution in [-0.4, -0.2) is 31.7 Å². The van der Waals surface area contributed by atoms with E-state index in [9.17, 15) is 14.9 Å². The van der Waals surface area contributed by atoms with Crippen molar-refractivity contribution in [2.24, 2.45) is 5.92 Å². The highest BCUT2D eigenvalue weighted by atomic mass is 16.6. The van der Waals surface area contributed by atoms with Crippen molar-refractivity contribution in [1.82, 2.24) is 0 Å². The second-order valence-corrected chi connectivity index (χ2v) is 7.15. The van der Waals surface area contributed by atoms with Crippen LogP contribution in [0.2, 0.25) is 0 Å². The van der Waals surface area contributed by atoms with E-state index >= 15 is 0 Å². The van der Waals surface area contributed by atoms with E-state index in [1.165, 1.54) is 13.0 Å². The number of anilines is 1. The van der Waals surface area contributed by atoms with Crippen molar-refractivity contribution < 1.29 is 23.8 Å². The van der Waals surface area contributed by atoms with Crippen molar-refractivity contribution in [3.63, 3.8) is 0 Å². The van der Waals surface area contributed by atoms with Gasteiger partial charge >= 0.3 is 11.9 Å². The molecular formula is C23H26N2O5. The Bertz CT molecular complexity index is 908. The van der Waals surface area contributed by atoms with Crippen molar-refractivity contribution >= 4 is 17.6 Å². The van der Waals surface area contributed by atoms with Crippen LogP contribution >= 0.6 is 0 Å². The molecule has 0 amide bonds. The van der Waals surface area contributed by atoms with E-state index in [-0.39, 0.29) is 24.4 Å². The van der Waals surface area contributed by atoms with Crippen LogP contribution in [-0.2, 0) is 19.1 Å². The number of hydrogen-bond donors (Lipinski definition) is 0. The first kappa shape index (κ1) is 22.8. The van der Waals surface area contributed by atoms with Crippen molar-refractivity contribution in [3.05, 3.63) is 60.0 Å². The van der Waals surface area contributed by atoms with Gasteiger partial charge in [0.1, 0.15) is 24.9 Å². The number of rotatable bonds is 9. The van der Waals surface area contributed by atoms with Gasteiger partial charge in [0, 0.05) is 18.2 Å². The highest BCUT2D eigenvalue weighted by Gasteiger charge is 2.25. The van der Waals surface area contributed by atoms with Gasteiger partial charge in [0.25, 0.3) is 0 Å². The first-order valence-corrected chi connectivity index (χ1v) is 9.69. The van der Waals surface area contributed by atoms with Crippen LogP contribution in [0.15, 0.2) is 60.0 Å². The Labute approximate surface area is 176 Å². The Kier molecular flexibility index (Phi) is 8.24. The summed E-state index contributed by atoms with van der Waals surface area (Å²) in [6.45, 7) is 9.74. The molecule has 0 aliphatic carbocycles. The van der Waals surface area contributed by atoms with Gasteiger partial charge in [-0.15, -0.1) is 0 Å². The zero-order valence-corrected chi connectivity index (χ0v) is 17.5. The van der Waals surface area contributed by atoms with E-state index in [0.29, 0.717) is 11.8 Å². The molecule has 1 aromatic rings. The fourth-order valence-electron chi connectivity index (χ4n) is 2.57. The summed E-state index contributed by atoms with van der Waals surface area (Å²) in [5.74, 6) is 0.406. The number of nitriles is 1. The lowest BCUT2D eigenvalue weighted by Crippen LogP contribution is -2.22. The highest BCUT2D eigenvalue weighted by Crippen LogP contribution is 2.38. The average molecular weight is 410 g/mol. The van der Waals surface area contributed by atoms with Gasteiger partial charge in [0.15, 0.2) is 5.75 Å². The zero-order chi connectivity index (χ0) is 22.1. The molecule has 0 aromatic heterocycles. The second kappa shape index (κ2) is 10.9. The number of allylic oxidation sites excluding steroid dienone is 2. The van der Waals surface area contributed by atoms with Crippen LogP contribution in [0.4, 0.5) is 5.69 Å². The minimum atomic E-state index is -0.801. The maximum atomic E-state index is 12.1. The van der Waals surface area contributed by atoms with Gasteiger partial charge in [-0.1, -0.05) is 32.6 Å². The maximum absolute atomic E-state index is 12.1. The zero-order valence-electron chi connectivity index (χ0n) is 17.5. The molecule has 30 heavy (non-hydrogen) atoms. The lowest BCUT2D eigenvalue weighted by molar-refractivity contribution is -0.147. The summed E-state index contributed by atoms with van der Waals surface area (Å²) in [5, 5.41) is 9.30. The lowest BCUT2D eigenvalue weighted by Gasteiger charge is -2.19. The van der Waals surface area contributed by atoms with Gasteiger partial charge in [-0.25, -0.2) is 9.59 Å². The number of esters is 2. The molecule has 1 aliphatic rings. The fourth-order valence-corrected chi connectivity index (χ4v) is 2.57. The Morgan fingerprint density at radius 2 is 1.90 bits per heavy atom. The first-order chi connectivity index (χ1) is 14.3. The number of ether oxygens (including phenoxy) is 3. The molecule has 7 nitrogen and oxygen atoms in total. The van der Waals surface area contributed by atoms with Crippen LogP contribution in [0.3, 0.4) is 0 Å². The number of para-hydroxylation sites is 2. The molecule has 0 radical (unpaired) electrons. The SMILES string of the molecule is C=C(C)C(=O)OCCOC(=O)/C(C#N)=C/C=C1\Oc2ccccc2N1CCC(C)C. The van der Waals surface area contributed by atoms with Gasteiger partial charge in [-0.05, 0) is 37.5 Å². The van der Waals surface area contributed by atoms with E-state index < -0.39 is 11.9 Å². The molecule has 0 N–H and O–H groups in total. The molecule has 0 atom stereocenters. The molecule has 0 saturated heterocycles. The molecule has 0 saturated carbocycles. The number of carbonyl (C=O) groups excluding carboxylic acids is 2. The fraction of sp³-hybridized carbons (Fsp3) is 0.348. The summed E-state index contributed by atoms with van der Waals surface area (Å²) >= 11 is 0. The molecule has 7 heteroatoms. The Balaban J connectivity index is 2.05. The van der Waals surface area contributed by atoms with E-state index in [4.69, 9.17) is 14.2 Å². The molecule has 1 aliphatic heterocycles. The number of hydrogen-bond acceptors (Lipinski definition) is 7. The van der Waals surface area contributed by atoms with E-state index in [1.54, 1.807) is 6.08 Å². The molecule has 2 rings (SSSR count). The van der Waals surface area contributed by atoms with E-state index in [0.717, 1.165) is 24.4 Å². The Morgan fingerprint density at radius 1 is 1.23 bits per heavy atom. The average Bonchev–Trinajstić information content (AvgIpc) is 3.07. The lowest BCUT2D eigenvalue weighted by atomic mass is 10.1.